The molecule has 1 aliphatic carbocycles. The molecule has 0 bridgehead atoms. The first-order valence-electron chi connectivity index (χ1n) is 4.68. The Morgan fingerprint density at radius 2 is 2.08 bits per heavy atom. The molecule has 13 heavy (non-hydrogen) atoms. The van der Waals surface area contributed by atoms with Gasteiger partial charge in [-0.15, -0.1) is 0 Å². The van der Waals surface area contributed by atoms with Crippen molar-refractivity contribution in [3.8, 4) is 0 Å². The van der Waals surface area contributed by atoms with Crippen LogP contribution in [0.3, 0.4) is 0 Å². The summed E-state index contributed by atoms with van der Waals surface area (Å²) >= 11 is 0. The van der Waals surface area contributed by atoms with Crippen molar-refractivity contribution in [2.75, 3.05) is 13.2 Å². The van der Waals surface area contributed by atoms with Gasteiger partial charge in [-0.05, 0) is 17.9 Å². The van der Waals surface area contributed by atoms with Gasteiger partial charge in [-0.1, -0.05) is 30.3 Å². The number of hydrogen-bond donors (Lipinski definition) is 2. The van der Waals surface area contributed by atoms with Crippen molar-refractivity contribution in [2.24, 2.45) is 11.1 Å². The summed E-state index contributed by atoms with van der Waals surface area (Å²) in [6.45, 7) is 0.798. The van der Waals surface area contributed by atoms with Gasteiger partial charge < -0.3 is 10.8 Å². The number of aliphatic hydroxyl groups excluding tert-OH is 1. The molecular formula is C11H15NO. The largest absolute Gasteiger partial charge is 0.396 e. The second-order valence-corrected chi connectivity index (χ2v) is 3.89. The molecule has 2 atom stereocenters. The van der Waals surface area contributed by atoms with Crippen LogP contribution in [0.4, 0.5) is 0 Å². The van der Waals surface area contributed by atoms with Crippen LogP contribution in [0.2, 0.25) is 0 Å². The van der Waals surface area contributed by atoms with Crippen molar-refractivity contribution in [3.63, 3.8) is 0 Å². The Morgan fingerprint density at radius 1 is 1.38 bits per heavy atom. The van der Waals surface area contributed by atoms with Gasteiger partial charge in [-0.3, -0.25) is 0 Å². The zero-order valence-electron chi connectivity index (χ0n) is 7.61. The van der Waals surface area contributed by atoms with Gasteiger partial charge >= 0.3 is 0 Å². The van der Waals surface area contributed by atoms with E-state index in [9.17, 15) is 5.11 Å². The highest BCUT2D eigenvalue weighted by Gasteiger charge is 2.53. The third-order valence-corrected chi connectivity index (χ3v) is 3.11. The minimum atomic E-state index is -0.0125. The highest BCUT2D eigenvalue weighted by molar-refractivity contribution is 5.30. The first-order chi connectivity index (χ1) is 6.32. The predicted octanol–water partition coefficient (Wildman–Crippen LogP) is 1.11. The molecule has 0 heterocycles. The molecule has 1 saturated carbocycles. The minimum Gasteiger partial charge on any atom is -0.396 e. The minimum absolute atomic E-state index is 0.0125. The second kappa shape index (κ2) is 3.13. The molecule has 2 nitrogen and oxygen atoms in total. The van der Waals surface area contributed by atoms with Gasteiger partial charge in [-0.2, -0.15) is 0 Å². The highest BCUT2D eigenvalue weighted by Crippen LogP contribution is 2.58. The lowest BCUT2D eigenvalue weighted by Gasteiger charge is -2.10. The van der Waals surface area contributed by atoms with E-state index in [2.05, 4.69) is 12.1 Å². The third-order valence-electron chi connectivity index (χ3n) is 3.11. The molecular weight excluding hydrogens is 162 g/mol. The van der Waals surface area contributed by atoms with Crippen molar-refractivity contribution in [1.29, 1.82) is 0 Å². The molecule has 0 aliphatic heterocycles. The standard InChI is InChI=1S/C11H15NO/c12-7-11(8-13)6-10(11)9-4-2-1-3-5-9/h1-5,10,13H,6-8,12H2/t10-,11+/m1/s1. The fraction of sp³-hybridized carbons (Fsp3) is 0.455. The van der Waals surface area contributed by atoms with Gasteiger partial charge in [0.05, 0.1) is 6.61 Å². The van der Waals surface area contributed by atoms with Crippen LogP contribution in [0, 0.1) is 5.41 Å². The van der Waals surface area contributed by atoms with E-state index < -0.39 is 0 Å². The van der Waals surface area contributed by atoms with Crippen LogP contribution in [0.25, 0.3) is 0 Å². The Balaban J connectivity index is 2.15. The smallest absolute Gasteiger partial charge is 0.0505 e. The molecule has 0 aromatic heterocycles. The summed E-state index contributed by atoms with van der Waals surface area (Å²) in [6.07, 6.45) is 1.03. The van der Waals surface area contributed by atoms with E-state index in [0.29, 0.717) is 12.5 Å². The average Bonchev–Trinajstić information content (AvgIpc) is 2.95. The van der Waals surface area contributed by atoms with Crippen molar-refractivity contribution in [2.45, 2.75) is 12.3 Å². The maximum absolute atomic E-state index is 9.21. The van der Waals surface area contributed by atoms with E-state index in [4.69, 9.17) is 5.73 Å². The summed E-state index contributed by atoms with van der Waals surface area (Å²) in [7, 11) is 0. The van der Waals surface area contributed by atoms with E-state index in [1.165, 1.54) is 5.56 Å². The fourth-order valence-electron chi connectivity index (χ4n) is 1.97. The maximum atomic E-state index is 9.21. The van der Waals surface area contributed by atoms with Crippen LogP contribution < -0.4 is 5.73 Å². The van der Waals surface area contributed by atoms with Gasteiger partial charge in [0, 0.05) is 12.0 Å². The van der Waals surface area contributed by atoms with Crippen molar-refractivity contribution in [1.82, 2.24) is 0 Å². The molecule has 3 N–H and O–H groups in total. The summed E-state index contributed by atoms with van der Waals surface area (Å²) in [5, 5.41) is 9.21. The normalized spacial score (nSPS) is 31.7. The summed E-state index contributed by atoms with van der Waals surface area (Å²) in [6, 6.07) is 10.3. The molecule has 0 amide bonds. The van der Waals surface area contributed by atoms with Gasteiger partial charge in [0.25, 0.3) is 0 Å². The first kappa shape index (κ1) is 8.73. The molecule has 1 aromatic rings. The van der Waals surface area contributed by atoms with E-state index in [1.54, 1.807) is 0 Å². The topological polar surface area (TPSA) is 46.2 Å². The van der Waals surface area contributed by atoms with Gasteiger partial charge in [-0.25, -0.2) is 0 Å². The number of nitrogens with two attached hydrogens (primary N) is 1. The lowest BCUT2D eigenvalue weighted by atomic mass is 10.0. The van der Waals surface area contributed by atoms with Crippen molar-refractivity contribution >= 4 is 0 Å². The lowest BCUT2D eigenvalue weighted by Crippen LogP contribution is -2.21. The van der Waals surface area contributed by atoms with Crippen LogP contribution in [0.1, 0.15) is 17.9 Å². The van der Waals surface area contributed by atoms with E-state index in [-0.39, 0.29) is 12.0 Å². The molecule has 1 fully saturated rings. The van der Waals surface area contributed by atoms with E-state index in [0.717, 1.165) is 6.42 Å². The third kappa shape index (κ3) is 1.36. The van der Waals surface area contributed by atoms with E-state index >= 15 is 0 Å². The molecule has 1 aliphatic rings. The first-order valence-corrected chi connectivity index (χ1v) is 4.68. The van der Waals surface area contributed by atoms with Crippen molar-refractivity contribution in [3.05, 3.63) is 35.9 Å². The fourth-order valence-corrected chi connectivity index (χ4v) is 1.97. The molecule has 0 saturated heterocycles. The molecule has 2 heteroatoms. The Bertz CT molecular complexity index is 279. The van der Waals surface area contributed by atoms with Crippen LogP contribution in [0.5, 0.6) is 0 Å². The van der Waals surface area contributed by atoms with Crippen LogP contribution >= 0.6 is 0 Å². The maximum Gasteiger partial charge on any atom is 0.0505 e. The average molecular weight is 177 g/mol. The second-order valence-electron chi connectivity index (χ2n) is 3.89. The van der Waals surface area contributed by atoms with E-state index in [1.807, 2.05) is 18.2 Å². The zero-order chi connectivity index (χ0) is 9.31. The van der Waals surface area contributed by atoms with Gasteiger partial charge in [0.1, 0.15) is 0 Å². The van der Waals surface area contributed by atoms with Crippen LogP contribution in [-0.4, -0.2) is 18.3 Å². The zero-order valence-corrected chi connectivity index (χ0v) is 7.61. The highest BCUT2D eigenvalue weighted by atomic mass is 16.3. The molecule has 1 aromatic carbocycles. The van der Waals surface area contributed by atoms with Crippen molar-refractivity contribution < 1.29 is 5.11 Å². The molecule has 2 rings (SSSR count). The van der Waals surface area contributed by atoms with Crippen LogP contribution in [0.15, 0.2) is 30.3 Å². The summed E-state index contributed by atoms with van der Waals surface area (Å²) in [4.78, 5) is 0. The SMILES string of the molecule is NC[C@]1(CO)C[C@@H]1c1ccccc1. The summed E-state index contributed by atoms with van der Waals surface area (Å²) < 4.78 is 0. The molecule has 0 unspecified atom stereocenters. The number of rotatable bonds is 3. The monoisotopic (exact) mass is 177 g/mol. The number of benzene rings is 1. The quantitative estimate of drug-likeness (QED) is 0.726. The van der Waals surface area contributed by atoms with Gasteiger partial charge in [0.15, 0.2) is 0 Å². The molecule has 0 radical (unpaired) electrons. The number of aliphatic hydroxyl groups is 1. The Morgan fingerprint density at radius 3 is 2.54 bits per heavy atom. The van der Waals surface area contributed by atoms with Gasteiger partial charge in [0.2, 0.25) is 0 Å². The Labute approximate surface area is 78.4 Å². The molecule has 70 valence electrons. The lowest BCUT2D eigenvalue weighted by molar-refractivity contribution is 0.211. The van der Waals surface area contributed by atoms with Crippen LogP contribution in [-0.2, 0) is 0 Å². The predicted molar refractivity (Wildman–Crippen MR) is 52.4 cm³/mol. The summed E-state index contributed by atoms with van der Waals surface area (Å²) in [5.41, 5.74) is 6.94. The Hall–Kier alpha value is -0.860. The Kier molecular flexibility index (Phi) is 2.10. The summed E-state index contributed by atoms with van der Waals surface area (Å²) in [5.74, 6) is 0.476. The number of hydrogen-bond acceptors (Lipinski definition) is 2. The molecule has 0 spiro atoms.